The maximum Gasteiger partial charge on any atom is 0.325 e. The highest BCUT2D eigenvalue weighted by molar-refractivity contribution is 5.80. The van der Waals surface area contributed by atoms with Gasteiger partial charge in [-0.2, -0.15) is 0 Å². The predicted octanol–water partition coefficient (Wildman–Crippen LogP) is 2.05. The number of rotatable bonds is 6. The summed E-state index contributed by atoms with van der Waals surface area (Å²) < 4.78 is 2.01. The summed E-state index contributed by atoms with van der Waals surface area (Å²) in [5.41, 5.74) is 0.894. The van der Waals surface area contributed by atoms with Crippen molar-refractivity contribution in [2.24, 2.45) is 0 Å². The molecule has 2 rings (SSSR count). The zero-order valence-corrected chi connectivity index (χ0v) is 12.2. The molecule has 0 aliphatic rings. The first-order valence-electron chi connectivity index (χ1n) is 6.94. The van der Waals surface area contributed by atoms with Gasteiger partial charge in [-0.1, -0.05) is 26.0 Å². The third-order valence-electron chi connectivity index (χ3n) is 3.56. The van der Waals surface area contributed by atoms with Crippen molar-refractivity contribution in [3.8, 4) is 0 Å². The molecule has 0 saturated heterocycles. The van der Waals surface area contributed by atoms with Crippen molar-refractivity contribution in [2.75, 3.05) is 6.54 Å². The fourth-order valence-electron chi connectivity index (χ4n) is 2.48. The molecule has 0 aliphatic carbocycles. The van der Waals surface area contributed by atoms with E-state index >= 15 is 0 Å². The topological polar surface area (TPSA) is 67.2 Å². The molecule has 1 aromatic heterocycles. The number of fused-ring (bicyclic) bond motifs is 1. The van der Waals surface area contributed by atoms with Gasteiger partial charge in [0, 0.05) is 6.42 Å². The third-order valence-corrected chi connectivity index (χ3v) is 3.56. The minimum atomic E-state index is -0.998. The molecule has 0 spiro atoms. The summed E-state index contributed by atoms with van der Waals surface area (Å²) in [5, 5.41) is 12.6. The van der Waals surface area contributed by atoms with Gasteiger partial charge in [0.25, 0.3) is 0 Å². The highest BCUT2D eigenvalue weighted by Gasteiger charge is 2.33. The van der Waals surface area contributed by atoms with Crippen LogP contribution in [0.15, 0.2) is 24.3 Å². The summed E-state index contributed by atoms with van der Waals surface area (Å²) in [6, 6.07) is 7.83. The highest BCUT2D eigenvalue weighted by atomic mass is 16.4. The number of imidazole rings is 1. The maximum atomic E-state index is 11.6. The van der Waals surface area contributed by atoms with E-state index in [0.29, 0.717) is 13.1 Å². The van der Waals surface area contributed by atoms with Crippen LogP contribution in [0.1, 0.15) is 26.6 Å². The van der Waals surface area contributed by atoms with Gasteiger partial charge in [-0.05, 0) is 25.6 Å². The lowest BCUT2D eigenvalue weighted by Crippen LogP contribution is -2.52. The zero-order valence-electron chi connectivity index (χ0n) is 12.2. The Bertz CT molecular complexity index is 621. The molecule has 0 aliphatic heterocycles. The van der Waals surface area contributed by atoms with Crippen molar-refractivity contribution in [3.05, 3.63) is 30.1 Å². The summed E-state index contributed by atoms with van der Waals surface area (Å²) >= 11 is 0. The SMILES string of the molecule is CCNC(C)(Cn1c(CC)nc2ccccc21)C(=O)O. The molecule has 108 valence electrons. The number of aryl methyl sites for hydroxylation is 1. The van der Waals surface area contributed by atoms with Gasteiger partial charge in [-0.25, -0.2) is 4.98 Å². The lowest BCUT2D eigenvalue weighted by molar-refractivity contribution is -0.144. The van der Waals surface area contributed by atoms with Crippen LogP contribution in [0.4, 0.5) is 0 Å². The lowest BCUT2D eigenvalue weighted by Gasteiger charge is -2.27. The fourth-order valence-corrected chi connectivity index (χ4v) is 2.48. The van der Waals surface area contributed by atoms with Crippen molar-refractivity contribution >= 4 is 17.0 Å². The van der Waals surface area contributed by atoms with Crippen molar-refractivity contribution in [1.82, 2.24) is 14.9 Å². The Labute approximate surface area is 118 Å². The minimum absolute atomic E-state index is 0.361. The Morgan fingerprint density at radius 1 is 1.40 bits per heavy atom. The molecule has 1 atom stereocenters. The molecule has 2 N–H and O–H groups in total. The number of hydrogen-bond acceptors (Lipinski definition) is 3. The van der Waals surface area contributed by atoms with Crippen LogP contribution >= 0.6 is 0 Å². The minimum Gasteiger partial charge on any atom is -0.480 e. The average molecular weight is 275 g/mol. The second-order valence-electron chi connectivity index (χ2n) is 5.12. The van der Waals surface area contributed by atoms with E-state index in [0.717, 1.165) is 23.3 Å². The summed E-state index contributed by atoms with van der Waals surface area (Å²) in [4.78, 5) is 16.2. The molecule has 2 aromatic rings. The summed E-state index contributed by atoms with van der Waals surface area (Å²) in [7, 11) is 0. The molecular weight excluding hydrogens is 254 g/mol. The smallest absolute Gasteiger partial charge is 0.325 e. The second kappa shape index (κ2) is 5.63. The van der Waals surface area contributed by atoms with Gasteiger partial charge in [0.15, 0.2) is 0 Å². The first-order valence-corrected chi connectivity index (χ1v) is 6.94. The Morgan fingerprint density at radius 3 is 2.70 bits per heavy atom. The van der Waals surface area contributed by atoms with Gasteiger partial charge in [0.2, 0.25) is 0 Å². The molecule has 1 aromatic carbocycles. The number of para-hydroxylation sites is 2. The van der Waals surface area contributed by atoms with E-state index in [4.69, 9.17) is 0 Å². The molecular formula is C15H21N3O2. The largest absolute Gasteiger partial charge is 0.480 e. The van der Waals surface area contributed by atoms with Crippen molar-refractivity contribution in [2.45, 2.75) is 39.3 Å². The summed E-state index contributed by atoms with van der Waals surface area (Å²) in [6.07, 6.45) is 0.774. The number of aliphatic carboxylic acids is 1. The average Bonchev–Trinajstić information content (AvgIpc) is 2.77. The Morgan fingerprint density at radius 2 is 2.10 bits per heavy atom. The van der Waals surface area contributed by atoms with E-state index in [-0.39, 0.29) is 0 Å². The van der Waals surface area contributed by atoms with Gasteiger partial charge in [0.05, 0.1) is 17.6 Å². The van der Waals surface area contributed by atoms with Crippen molar-refractivity contribution in [1.29, 1.82) is 0 Å². The highest BCUT2D eigenvalue weighted by Crippen LogP contribution is 2.20. The number of carboxylic acid groups (broad SMARTS) is 1. The van der Waals surface area contributed by atoms with Crippen LogP contribution in [-0.2, 0) is 17.8 Å². The van der Waals surface area contributed by atoms with Gasteiger partial charge in [-0.15, -0.1) is 0 Å². The molecule has 0 amide bonds. The van der Waals surface area contributed by atoms with Crippen LogP contribution in [0.2, 0.25) is 0 Å². The van der Waals surface area contributed by atoms with E-state index in [1.54, 1.807) is 6.92 Å². The number of carboxylic acids is 1. The standard InChI is InChI=1S/C15H21N3O2/c1-4-13-17-11-8-6-7-9-12(11)18(13)10-15(3,14(19)20)16-5-2/h6-9,16H,4-5,10H2,1-3H3,(H,19,20). The number of likely N-dealkylation sites (N-methyl/N-ethyl adjacent to an activating group) is 1. The van der Waals surface area contributed by atoms with Crippen LogP contribution in [0.3, 0.4) is 0 Å². The number of nitrogens with zero attached hydrogens (tertiary/aromatic N) is 2. The van der Waals surface area contributed by atoms with Gasteiger partial charge in [0.1, 0.15) is 11.4 Å². The number of benzene rings is 1. The van der Waals surface area contributed by atoms with E-state index in [9.17, 15) is 9.90 Å². The molecule has 5 heteroatoms. The summed E-state index contributed by atoms with van der Waals surface area (Å²) in [6.45, 7) is 6.63. The second-order valence-corrected chi connectivity index (χ2v) is 5.12. The van der Waals surface area contributed by atoms with Crippen molar-refractivity contribution in [3.63, 3.8) is 0 Å². The summed E-state index contributed by atoms with van der Waals surface area (Å²) in [5.74, 6) is 0.0655. The van der Waals surface area contributed by atoms with Crippen LogP contribution < -0.4 is 5.32 Å². The molecule has 0 fully saturated rings. The monoisotopic (exact) mass is 275 g/mol. The van der Waals surface area contributed by atoms with Crippen molar-refractivity contribution < 1.29 is 9.90 Å². The number of carbonyl (C=O) groups is 1. The fraction of sp³-hybridized carbons (Fsp3) is 0.467. The molecule has 0 saturated carbocycles. The Hall–Kier alpha value is -1.88. The van der Waals surface area contributed by atoms with Crippen LogP contribution in [0.5, 0.6) is 0 Å². The normalized spacial score (nSPS) is 14.3. The van der Waals surface area contributed by atoms with Crippen LogP contribution in [-0.4, -0.2) is 32.7 Å². The molecule has 5 nitrogen and oxygen atoms in total. The quantitative estimate of drug-likeness (QED) is 0.846. The van der Waals surface area contributed by atoms with E-state index in [1.165, 1.54) is 0 Å². The van der Waals surface area contributed by atoms with Gasteiger partial charge < -0.3 is 15.0 Å². The Balaban J connectivity index is 2.48. The van der Waals surface area contributed by atoms with E-state index < -0.39 is 11.5 Å². The third kappa shape index (κ3) is 2.54. The van der Waals surface area contributed by atoms with Crippen LogP contribution in [0, 0.1) is 0 Å². The zero-order chi connectivity index (χ0) is 14.8. The number of aromatic nitrogens is 2. The van der Waals surface area contributed by atoms with E-state index in [2.05, 4.69) is 10.3 Å². The first kappa shape index (κ1) is 14.5. The number of nitrogens with one attached hydrogen (secondary N) is 1. The number of hydrogen-bond donors (Lipinski definition) is 2. The van der Waals surface area contributed by atoms with Crippen LogP contribution in [0.25, 0.3) is 11.0 Å². The Kier molecular flexibility index (Phi) is 4.09. The maximum absolute atomic E-state index is 11.6. The van der Waals surface area contributed by atoms with E-state index in [1.807, 2.05) is 42.7 Å². The molecule has 20 heavy (non-hydrogen) atoms. The predicted molar refractivity (Wildman–Crippen MR) is 78.8 cm³/mol. The molecule has 0 bridgehead atoms. The first-order chi connectivity index (χ1) is 9.51. The molecule has 1 heterocycles. The molecule has 0 radical (unpaired) electrons. The van der Waals surface area contributed by atoms with Gasteiger partial charge >= 0.3 is 5.97 Å². The molecule has 1 unspecified atom stereocenters. The van der Waals surface area contributed by atoms with Gasteiger partial charge in [-0.3, -0.25) is 4.79 Å². The lowest BCUT2D eigenvalue weighted by atomic mass is 10.0.